The van der Waals surface area contributed by atoms with Gasteiger partial charge in [-0.15, -0.1) is 0 Å². The fourth-order valence-corrected chi connectivity index (χ4v) is 5.89. The van der Waals surface area contributed by atoms with Gasteiger partial charge in [-0.1, -0.05) is 84.6 Å². The van der Waals surface area contributed by atoms with Crippen molar-refractivity contribution in [3.05, 3.63) is 102 Å². The van der Waals surface area contributed by atoms with Crippen molar-refractivity contribution in [3.8, 4) is 0 Å². The van der Waals surface area contributed by atoms with Crippen LogP contribution in [-0.2, 0) is 37.5 Å². The highest BCUT2D eigenvalue weighted by Crippen LogP contribution is 2.36. The normalized spacial score (nSPS) is 16.6. The quantitative estimate of drug-likeness (QED) is 0.182. The summed E-state index contributed by atoms with van der Waals surface area (Å²) in [7, 11) is -3.14. The van der Waals surface area contributed by atoms with Crippen LogP contribution in [0.25, 0.3) is 0 Å². The SMILES string of the molecule is COC(=O)[C@@H](Cc1ccccc1)C(=O)N[C@@H](Cc1ccc(NS(=O)(=O)O)cc1)C1=NCC(c2ccccc2)S1. The Morgan fingerprint density at radius 1 is 0.974 bits per heavy atom. The predicted octanol–water partition coefficient (Wildman–Crippen LogP) is 3.85. The Bertz CT molecular complexity index is 1410. The number of carbonyl (C=O) groups excluding carboxylic acids is 2. The van der Waals surface area contributed by atoms with Crippen LogP contribution >= 0.6 is 11.8 Å². The summed E-state index contributed by atoms with van der Waals surface area (Å²) in [6, 6.07) is 25.1. The molecule has 3 aromatic rings. The molecule has 1 aliphatic rings. The van der Waals surface area contributed by atoms with E-state index in [0.29, 0.717) is 13.0 Å². The van der Waals surface area contributed by atoms with E-state index in [4.69, 9.17) is 14.3 Å². The van der Waals surface area contributed by atoms with Gasteiger partial charge in [0.25, 0.3) is 0 Å². The number of aliphatic imine (C=N–C) groups is 1. The Hall–Kier alpha value is -3.67. The topological polar surface area (TPSA) is 134 Å². The Balaban J connectivity index is 1.55. The Labute approximate surface area is 232 Å². The number of nitrogens with one attached hydrogen (secondary N) is 2. The molecule has 0 fully saturated rings. The summed E-state index contributed by atoms with van der Waals surface area (Å²) in [6.45, 7) is 0.554. The van der Waals surface area contributed by atoms with Crippen LogP contribution in [0.4, 0.5) is 5.69 Å². The molecule has 4 rings (SSSR count). The maximum absolute atomic E-state index is 13.5. The van der Waals surface area contributed by atoms with E-state index in [0.717, 1.165) is 21.7 Å². The van der Waals surface area contributed by atoms with Crippen molar-refractivity contribution in [2.45, 2.75) is 24.1 Å². The lowest BCUT2D eigenvalue weighted by molar-refractivity contribution is -0.150. The summed E-state index contributed by atoms with van der Waals surface area (Å²) >= 11 is 1.57. The molecule has 9 nitrogen and oxygen atoms in total. The molecule has 1 unspecified atom stereocenters. The third-order valence-electron chi connectivity index (χ3n) is 6.19. The minimum Gasteiger partial charge on any atom is -0.468 e. The van der Waals surface area contributed by atoms with Gasteiger partial charge in [0, 0.05) is 0 Å². The smallest absolute Gasteiger partial charge is 0.357 e. The zero-order valence-electron chi connectivity index (χ0n) is 21.2. The van der Waals surface area contributed by atoms with E-state index in [9.17, 15) is 18.0 Å². The number of amides is 1. The summed E-state index contributed by atoms with van der Waals surface area (Å²) in [6.07, 6.45) is 0.540. The zero-order valence-corrected chi connectivity index (χ0v) is 22.8. The number of hydrogen-bond donors (Lipinski definition) is 3. The van der Waals surface area contributed by atoms with E-state index in [1.54, 1.807) is 23.9 Å². The maximum atomic E-state index is 13.5. The molecule has 0 aromatic heterocycles. The summed E-state index contributed by atoms with van der Waals surface area (Å²) in [5.74, 6) is -2.14. The number of anilines is 1. The molecule has 1 aliphatic heterocycles. The summed E-state index contributed by atoms with van der Waals surface area (Å²) < 4.78 is 38.2. The summed E-state index contributed by atoms with van der Waals surface area (Å²) in [5.41, 5.74) is 2.96. The van der Waals surface area contributed by atoms with E-state index >= 15 is 0 Å². The third kappa shape index (κ3) is 8.16. The van der Waals surface area contributed by atoms with Crippen LogP contribution in [0.1, 0.15) is 21.9 Å². The van der Waals surface area contributed by atoms with Crippen molar-refractivity contribution in [1.29, 1.82) is 0 Å². The van der Waals surface area contributed by atoms with Crippen LogP contribution in [0.15, 0.2) is 89.9 Å². The molecule has 0 saturated heterocycles. The first kappa shape index (κ1) is 28.3. The summed E-state index contributed by atoms with van der Waals surface area (Å²) in [4.78, 5) is 30.8. The van der Waals surface area contributed by atoms with Crippen LogP contribution in [0, 0.1) is 5.92 Å². The number of ether oxygens (including phenoxy) is 1. The zero-order chi connectivity index (χ0) is 27.8. The highest BCUT2D eigenvalue weighted by atomic mass is 32.2. The van der Waals surface area contributed by atoms with E-state index < -0.39 is 34.1 Å². The average Bonchev–Trinajstić information content (AvgIpc) is 3.43. The molecule has 0 radical (unpaired) electrons. The number of benzene rings is 3. The van der Waals surface area contributed by atoms with Crippen LogP contribution < -0.4 is 10.0 Å². The lowest BCUT2D eigenvalue weighted by atomic mass is 9.97. The second kappa shape index (κ2) is 12.9. The minimum absolute atomic E-state index is 0.0997. The molecule has 204 valence electrons. The average molecular weight is 568 g/mol. The van der Waals surface area contributed by atoms with Gasteiger partial charge in [0.05, 0.1) is 35.7 Å². The van der Waals surface area contributed by atoms with E-state index in [2.05, 4.69) is 5.32 Å². The molecule has 11 heteroatoms. The van der Waals surface area contributed by atoms with Crippen molar-refractivity contribution < 1.29 is 27.3 Å². The van der Waals surface area contributed by atoms with E-state index in [-0.39, 0.29) is 17.4 Å². The van der Waals surface area contributed by atoms with Gasteiger partial charge in [-0.25, -0.2) is 0 Å². The molecule has 0 aliphatic carbocycles. The van der Waals surface area contributed by atoms with Crippen LogP contribution in [-0.4, -0.2) is 49.6 Å². The molecule has 1 heterocycles. The van der Waals surface area contributed by atoms with Crippen molar-refractivity contribution in [3.63, 3.8) is 0 Å². The van der Waals surface area contributed by atoms with Gasteiger partial charge in [-0.05, 0) is 41.7 Å². The number of rotatable bonds is 11. The van der Waals surface area contributed by atoms with Crippen molar-refractivity contribution >= 4 is 44.7 Å². The monoisotopic (exact) mass is 567 g/mol. The molecule has 0 saturated carbocycles. The second-order valence-electron chi connectivity index (χ2n) is 9.00. The van der Waals surface area contributed by atoms with Crippen molar-refractivity contribution in [1.82, 2.24) is 5.32 Å². The third-order valence-corrected chi connectivity index (χ3v) is 8.04. The number of methoxy groups -OCH3 is 1. The molecular formula is C28H29N3O6S2. The highest BCUT2D eigenvalue weighted by Gasteiger charge is 2.33. The number of nitrogens with zero attached hydrogens (tertiary/aromatic N) is 1. The molecule has 1 amide bonds. The van der Waals surface area contributed by atoms with Gasteiger partial charge >= 0.3 is 16.3 Å². The highest BCUT2D eigenvalue weighted by molar-refractivity contribution is 8.14. The predicted molar refractivity (Wildman–Crippen MR) is 152 cm³/mol. The fraction of sp³-hybridized carbons (Fsp3) is 0.250. The van der Waals surface area contributed by atoms with Crippen LogP contribution in [0.5, 0.6) is 0 Å². The number of thioether (sulfide) groups is 1. The van der Waals surface area contributed by atoms with Gasteiger partial charge in [-0.3, -0.25) is 23.9 Å². The number of hydrogen-bond acceptors (Lipinski definition) is 7. The lowest BCUT2D eigenvalue weighted by Crippen LogP contribution is -2.46. The second-order valence-corrected chi connectivity index (χ2v) is 11.4. The fourth-order valence-electron chi connectivity index (χ4n) is 4.27. The van der Waals surface area contributed by atoms with Gasteiger partial charge < -0.3 is 10.1 Å². The van der Waals surface area contributed by atoms with Crippen molar-refractivity contribution in [2.24, 2.45) is 10.9 Å². The summed E-state index contributed by atoms with van der Waals surface area (Å²) in [5, 5.41) is 3.86. The number of carbonyl (C=O) groups is 2. The first-order valence-corrected chi connectivity index (χ1v) is 14.6. The molecule has 0 spiro atoms. The van der Waals surface area contributed by atoms with Crippen molar-refractivity contribution in [2.75, 3.05) is 18.4 Å². The van der Waals surface area contributed by atoms with Gasteiger partial charge in [0.2, 0.25) is 5.91 Å². The molecule has 3 N–H and O–H groups in total. The molecule has 3 atom stereocenters. The van der Waals surface area contributed by atoms with Gasteiger partial charge in [-0.2, -0.15) is 8.42 Å². The van der Waals surface area contributed by atoms with Gasteiger partial charge in [0.1, 0.15) is 5.92 Å². The van der Waals surface area contributed by atoms with E-state index in [1.165, 1.54) is 19.2 Å². The van der Waals surface area contributed by atoms with Gasteiger partial charge in [0.15, 0.2) is 0 Å². The standard InChI is InChI=1S/C28H29N3O6S2/c1-37-28(33)23(16-19-8-4-2-5-9-19)26(32)30-24(17-20-12-14-22(15-13-20)31-39(34,35)36)27-29-18-25(38-27)21-10-6-3-7-11-21/h2-15,23-25,31H,16-18H2,1H3,(H,30,32)(H,34,35,36)/t23-,24-,25?/m0/s1. The largest absolute Gasteiger partial charge is 0.468 e. The Morgan fingerprint density at radius 3 is 2.21 bits per heavy atom. The Morgan fingerprint density at radius 2 is 1.59 bits per heavy atom. The van der Waals surface area contributed by atoms with Crippen LogP contribution in [0.2, 0.25) is 0 Å². The minimum atomic E-state index is -4.39. The number of esters is 1. The molecule has 0 bridgehead atoms. The molecule has 39 heavy (non-hydrogen) atoms. The molecule has 3 aromatic carbocycles. The van der Waals surface area contributed by atoms with E-state index in [1.807, 2.05) is 65.4 Å². The first-order chi connectivity index (χ1) is 18.7. The Kier molecular flexibility index (Phi) is 9.39. The molecular weight excluding hydrogens is 538 g/mol. The first-order valence-electron chi connectivity index (χ1n) is 12.2. The maximum Gasteiger partial charge on any atom is 0.357 e. The van der Waals surface area contributed by atoms with Crippen LogP contribution in [0.3, 0.4) is 0 Å². The lowest BCUT2D eigenvalue weighted by Gasteiger charge is -2.23.